The molecule has 1 fully saturated rings. The van der Waals surface area contributed by atoms with Crippen LogP contribution >= 0.6 is 22.9 Å². The maximum atomic E-state index is 13.4. The third kappa shape index (κ3) is 4.07. The lowest BCUT2D eigenvalue weighted by Gasteiger charge is -2.23. The maximum Gasteiger partial charge on any atom is 0.301 e. The minimum Gasteiger partial charge on any atom is -0.507 e. The van der Waals surface area contributed by atoms with Crippen molar-refractivity contribution >= 4 is 55.7 Å². The average Bonchev–Trinajstić information content (AvgIpc) is 3.41. The smallest absolute Gasteiger partial charge is 0.301 e. The fourth-order valence-corrected chi connectivity index (χ4v) is 5.44. The summed E-state index contributed by atoms with van der Waals surface area (Å²) in [6, 6.07) is 18.8. The highest BCUT2D eigenvalue weighted by Gasteiger charge is 2.48. The number of fused-ring (bicyclic) bond motifs is 1. The van der Waals surface area contributed by atoms with Crippen molar-refractivity contribution in [2.75, 3.05) is 12.0 Å². The van der Waals surface area contributed by atoms with Gasteiger partial charge in [-0.25, -0.2) is 4.98 Å². The van der Waals surface area contributed by atoms with Gasteiger partial charge in [0.25, 0.3) is 5.78 Å². The molecule has 1 aliphatic rings. The predicted molar refractivity (Wildman–Crippen MR) is 138 cm³/mol. The number of amides is 1. The Labute approximate surface area is 211 Å². The molecule has 0 saturated carbocycles. The van der Waals surface area contributed by atoms with Crippen LogP contribution in [-0.4, -0.2) is 28.9 Å². The van der Waals surface area contributed by atoms with Crippen molar-refractivity contribution in [3.05, 3.63) is 94.0 Å². The summed E-state index contributed by atoms with van der Waals surface area (Å²) in [5.41, 5.74) is 2.92. The third-order valence-electron chi connectivity index (χ3n) is 6.06. The molecule has 1 aromatic heterocycles. The number of thiazole rings is 1. The molecule has 1 saturated heterocycles. The molecule has 8 heteroatoms. The van der Waals surface area contributed by atoms with Gasteiger partial charge in [-0.3, -0.25) is 14.5 Å². The van der Waals surface area contributed by atoms with Gasteiger partial charge in [0.15, 0.2) is 5.13 Å². The van der Waals surface area contributed by atoms with Crippen molar-refractivity contribution < 1.29 is 19.4 Å². The van der Waals surface area contributed by atoms with Crippen molar-refractivity contribution in [3.63, 3.8) is 0 Å². The van der Waals surface area contributed by atoms with E-state index in [-0.39, 0.29) is 11.3 Å². The molecular formula is C27H21ClN2O4S. The quantitative estimate of drug-likeness (QED) is 0.200. The number of ether oxygens (including phenoxy) is 1. The van der Waals surface area contributed by atoms with Gasteiger partial charge in [-0.05, 0) is 60.0 Å². The zero-order chi connectivity index (χ0) is 24.7. The molecule has 1 unspecified atom stereocenters. The summed E-state index contributed by atoms with van der Waals surface area (Å²) >= 11 is 7.41. The molecule has 2 heterocycles. The van der Waals surface area contributed by atoms with Crippen LogP contribution in [0.4, 0.5) is 5.13 Å². The van der Waals surface area contributed by atoms with E-state index in [1.165, 1.54) is 16.2 Å². The fraction of sp³-hybridized carbons (Fsp3) is 0.148. The molecule has 35 heavy (non-hydrogen) atoms. The molecule has 0 radical (unpaired) electrons. The number of aryl methyl sites for hydroxylation is 1. The van der Waals surface area contributed by atoms with Gasteiger partial charge in [0.1, 0.15) is 11.5 Å². The van der Waals surface area contributed by atoms with Gasteiger partial charge < -0.3 is 9.84 Å². The summed E-state index contributed by atoms with van der Waals surface area (Å²) in [6.07, 6.45) is 0.852. The monoisotopic (exact) mass is 504 g/mol. The summed E-state index contributed by atoms with van der Waals surface area (Å²) in [6.45, 7) is 2.05. The second kappa shape index (κ2) is 9.17. The van der Waals surface area contributed by atoms with Crippen molar-refractivity contribution in [3.8, 4) is 5.75 Å². The van der Waals surface area contributed by atoms with Crippen LogP contribution in [0.5, 0.6) is 5.75 Å². The van der Waals surface area contributed by atoms with Gasteiger partial charge in [0, 0.05) is 10.6 Å². The number of aliphatic hydroxyl groups excluding tert-OH is 1. The Bertz CT molecular complexity index is 1480. The maximum absolute atomic E-state index is 13.4. The van der Waals surface area contributed by atoms with E-state index >= 15 is 0 Å². The van der Waals surface area contributed by atoms with E-state index in [2.05, 4.69) is 11.9 Å². The number of methoxy groups -OCH3 is 1. The molecule has 0 spiro atoms. The SMILES string of the molecule is CCc1ccc(C2C(=C(O)c3ccc(OC)cc3)C(=O)C(=O)N2c2nc3ccc(Cl)cc3s2)cc1. The Hall–Kier alpha value is -3.68. The van der Waals surface area contributed by atoms with Crippen molar-refractivity contribution in [2.45, 2.75) is 19.4 Å². The van der Waals surface area contributed by atoms with Crippen LogP contribution in [-0.2, 0) is 16.0 Å². The van der Waals surface area contributed by atoms with E-state index in [4.69, 9.17) is 16.3 Å². The Balaban J connectivity index is 1.70. The van der Waals surface area contributed by atoms with Gasteiger partial charge in [-0.1, -0.05) is 54.1 Å². The number of aliphatic hydroxyl groups is 1. The van der Waals surface area contributed by atoms with Crippen LogP contribution in [0.15, 0.2) is 72.3 Å². The number of halogens is 1. The Morgan fingerprint density at radius 1 is 1.09 bits per heavy atom. The topological polar surface area (TPSA) is 79.7 Å². The summed E-state index contributed by atoms with van der Waals surface area (Å²) in [7, 11) is 1.55. The molecule has 3 aromatic carbocycles. The molecule has 0 bridgehead atoms. The third-order valence-corrected chi connectivity index (χ3v) is 7.31. The molecule has 1 aliphatic heterocycles. The molecule has 5 rings (SSSR count). The first-order chi connectivity index (χ1) is 16.9. The van der Waals surface area contributed by atoms with Crippen LogP contribution in [0, 0.1) is 0 Å². The molecular weight excluding hydrogens is 484 g/mol. The standard InChI is InChI=1S/C27H21ClN2O4S/c1-3-15-4-6-16(7-5-15)23-22(24(31)17-8-11-19(34-2)12-9-17)25(32)26(33)30(23)27-29-20-13-10-18(28)14-21(20)35-27/h4-14,23,31H,3H2,1-2H3. The van der Waals surface area contributed by atoms with E-state index in [1.807, 2.05) is 24.3 Å². The van der Waals surface area contributed by atoms with Crippen LogP contribution < -0.4 is 9.64 Å². The highest BCUT2D eigenvalue weighted by atomic mass is 35.5. The number of ketones is 1. The number of hydrogen-bond acceptors (Lipinski definition) is 6. The zero-order valence-corrected chi connectivity index (χ0v) is 20.6. The Morgan fingerprint density at radius 2 is 1.80 bits per heavy atom. The Kier molecular flexibility index (Phi) is 6.05. The van der Waals surface area contributed by atoms with Crippen LogP contribution in [0.2, 0.25) is 5.02 Å². The van der Waals surface area contributed by atoms with Gasteiger partial charge in [0.05, 0.1) is 28.9 Å². The van der Waals surface area contributed by atoms with Crippen molar-refractivity contribution in [1.82, 2.24) is 4.98 Å². The molecule has 176 valence electrons. The number of aromatic nitrogens is 1. The van der Waals surface area contributed by atoms with Crippen molar-refractivity contribution in [1.29, 1.82) is 0 Å². The molecule has 1 atom stereocenters. The van der Waals surface area contributed by atoms with Gasteiger partial charge >= 0.3 is 5.91 Å². The van der Waals surface area contributed by atoms with Crippen molar-refractivity contribution in [2.24, 2.45) is 0 Å². The summed E-state index contributed by atoms with van der Waals surface area (Å²) < 4.78 is 5.99. The summed E-state index contributed by atoms with van der Waals surface area (Å²) in [5.74, 6) is -1.14. The molecule has 4 aromatic rings. The van der Waals surface area contributed by atoms with E-state index in [0.717, 1.165) is 16.7 Å². The average molecular weight is 505 g/mol. The van der Waals surface area contributed by atoms with E-state index in [0.29, 0.717) is 32.5 Å². The minimum atomic E-state index is -0.834. The van der Waals surface area contributed by atoms with E-state index in [1.54, 1.807) is 49.6 Å². The first-order valence-electron chi connectivity index (χ1n) is 11.0. The summed E-state index contributed by atoms with van der Waals surface area (Å²) in [4.78, 5) is 32.7. The highest BCUT2D eigenvalue weighted by Crippen LogP contribution is 2.44. The lowest BCUT2D eigenvalue weighted by Crippen LogP contribution is -2.29. The lowest BCUT2D eigenvalue weighted by atomic mass is 9.94. The predicted octanol–water partition coefficient (Wildman–Crippen LogP) is 6.15. The number of Topliss-reactive ketones (excluding diaryl/α,β-unsaturated/α-hetero) is 1. The van der Waals surface area contributed by atoms with Gasteiger partial charge in [0.2, 0.25) is 0 Å². The number of anilines is 1. The fourth-order valence-electron chi connectivity index (χ4n) is 4.17. The van der Waals surface area contributed by atoms with Crippen LogP contribution in [0.25, 0.3) is 16.0 Å². The van der Waals surface area contributed by atoms with Crippen LogP contribution in [0.3, 0.4) is 0 Å². The number of nitrogens with zero attached hydrogens (tertiary/aromatic N) is 2. The van der Waals surface area contributed by atoms with E-state index < -0.39 is 17.7 Å². The number of benzene rings is 3. The number of hydrogen-bond donors (Lipinski definition) is 1. The molecule has 1 N–H and O–H groups in total. The molecule has 1 amide bonds. The molecule has 0 aliphatic carbocycles. The summed E-state index contributed by atoms with van der Waals surface area (Å²) in [5, 5.41) is 12.2. The Morgan fingerprint density at radius 3 is 2.46 bits per heavy atom. The second-order valence-electron chi connectivity index (χ2n) is 8.10. The van der Waals surface area contributed by atoms with E-state index in [9.17, 15) is 14.7 Å². The highest BCUT2D eigenvalue weighted by molar-refractivity contribution is 7.22. The number of rotatable bonds is 5. The lowest BCUT2D eigenvalue weighted by molar-refractivity contribution is -0.132. The largest absolute Gasteiger partial charge is 0.507 e. The first kappa shape index (κ1) is 23.1. The number of carbonyl (C=O) groups is 2. The molecule has 6 nitrogen and oxygen atoms in total. The van der Waals surface area contributed by atoms with Gasteiger partial charge in [-0.15, -0.1) is 0 Å². The number of carbonyl (C=O) groups excluding carboxylic acids is 2. The second-order valence-corrected chi connectivity index (χ2v) is 9.55. The normalized spacial score (nSPS) is 17.3. The van der Waals surface area contributed by atoms with Gasteiger partial charge in [-0.2, -0.15) is 0 Å². The first-order valence-corrected chi connectivity index (χ1v) is 12.2. The zero-order valence-electron chi connectivity index (χ0n) is 19.0. The minimum absolute atomic E-state index is 0.0155. The van der Waals surface area contributed by atoms with Crippen LogP contribution in [0.1, 0.15) is 29.7 Å².